The van der Waals surface area contributed by atoms with Crippen molar-refractivity contribution < 1.29 is 9.47 Å². The van der Waals surface area contributed by atoms with Crippen LogP contribution in [0.15, 0.2) is 48.5 Å². The second-order valence-electron chi connectivity index (χ2n) is 6.25. The summed E-state index contributed by atoms with van der Waals surface area (Å²) in [6, 6.07) is 16.3. The molecule has 0 aromatic heterocycles. The molecule has 1 saturated heterocycles. The van der Waals surface area contributed by atoms with E-state index in [0.29, 0.717) is 6.79 Å². The Morgan fingerprint density at radius 1 is 0.960 bits per heavy atom. The summed E-state index contributed by atoms with van der Waals surface area (Å²) in [7, 11) is 0. The largest absolute Gasteiger partial charge is 0.454 e. The first kappa shape index (κ1) is 16.2. The molecule has 0 atom stereocenters. The third-order valence-corrected chi connectivity index (χ3v) is 4.89. The summed E-state index contributed by atoms with van der Waals surface area (Å²) in [6.07, 6.45) is 0. The van der Waals surface area contributed by atoms with E-state index in [2.05, 4.69) is 27.2 Å². The van der Waals surface area contributed by atoms with Crippen molar-refractivity contribution in [1.29, 1.82) is 0 Å². The number of nitrogens with one attached hydrogen (secondary N) is 1. The van der Waals surface area contributed by atoms with E-state index < -0.39 is 0 Å². The van der Waals surface area contributed by atoms with E-state index in [0.717, 1.165) is 55.0 Å². The van der Waals surface area contributed by atoms with Crippen LogP contribution in [0, 0.1) is 0 Å². The summed E-state index contributed by atoms with van der Waals surface area (Å²) < 4.78 is 10.8. The Hall–Kier alpha value is -2.31. The van der Waals surface area contributed by atoms with Gasteiger partial charge in [-0.2, -0.15) is 0 Å². The fourth-order valence-corrected chi connectivity index (χ4v) is 3.43. The van der Waals surface area contributed by atoms with Crippen molar-refractivity contribution in [3.05, 3.63) is 54.1 Å². The number of fused-ring (bicyclic) bond motifs is 1. The normalized spacial score (nSPS) is 16.7. The second kappa shape index (κ2) is 7.29. The van der Waals surface area contributed by atoms with Crippen LogP contribution in [-0.2, 0) is 6.54 Å². The average Bonchev–Trinajstić information content (AvgIpc) is 3.11. The van der Waals surface area contributed by atoms with Crippen molar-refractivity contribution in [3.8, 4) is 11.5 Å². The van der Waals surface area contributed by atoms with Gasteiger partial charge in [0, 0.05) is 38.4 Å². The van der Waals surface area contributed by atoms with Crippen LogP contribution in [0.25, 0.3) is 0 Å². The van der Waals surface area contributed by atoms with Gasteiger partial charge in [0.1, 0.15) is 0 Å². The topological polar surface area (TPSA) is 37.0 Å². The van der Waals surface area contributed by atoms with E-state index in [-0.39, 0.29) is 0 Å². The molecule has 0 amide bonds. The lowest BCUT2D eigenvalue weighted by Gasteiger charge is -2.36. The predicted octanol–water partition coefficient (Wildman–Crippen LogP) is 2.93. The highest BCUT2D eigenvalue weighted by Crippen LogP contribution is 2.32. The maximum absolute atomic E-state index is 5.54. The number of rotatable bonds is 3. The highest BCUT2D eigenvalue weighted by atomic mass is 32.1. The molecular weight excluding hydrogens is 334 g/mol. The zero-order valence-electron chi connectivity index (χ0n) is 14.0. The maximum Gasteiger partial charge on any atom is 0.231 e. The quantitative estimate of drug-likeness (QED) is 0.854. The van der Waals surface area contributed by atoms with Gasteiger partial charge in [0.15, 0.2) is 16.6 Å². The van der Waals surface area contributed by atoms with Crippen LogP contribution in [-0.4, -0.2) is 47.9 Å². The van der Waals surface area contributed by atoms with Crippen LogP contribution in [0.5, 0.6) is 11.5 Å². The number of thiocarbonyl (C=S) groups is 1. The van der Waals surface area contributed by atoms with Gasteiger partial charge in [0.2, 0.25) is 6.79 Å². The molecule has 6 heteroatoms. The molecule has 0 saturated carbocycles. The summed E-state index contributed by atoms with van der Waals surface area (Å²) in [6.45, 7) is 5.09. The number of nitrogens with zero attached hydrogens (tertiary/aromatic N) is 2. The van der Waals surface area contributed by atoms with E-state index in [1.807, 2.05) is 36.4 Å². The summed E-state index contributed by atoms with van der Waals surface area (Å²) in [5, 5.41) is 4.11. The molecule has 0 spiro atoms. The van der Waals surface area contributed by atoms with Crippen molar-refractivity contribution in [2.45, 2.75) is 6.54 Å². The Morgan fingerprint density at radius 2 is 1.72 bits per heavy atom. The fourth-order valence-electron chi connectivity index (χ4n) is 3.13. The summed E-state index contributed by atoms with van der Waals surface area (Å²) in [5.74, 6) is 1.69. The summed E-state index contributed by atoms with van der Waals surface area (Å²) in [4.78, 5) is 4.68. The highest BCUT2D eigenvalue weighted by molar-refractivity contribution is 7.80. The molecular formula is C19H21N3O2S. The number of anilines is 1. The number of hydrogen-bond donors (Lipinski definition) is 1. The van der Waals surface area contributed by atoms with Crippen molar-refractivity contribution in [3.63, 3.8) is 0 Å². The van der Waals surface area contributed by atoms with Gasteiger partial charge in [-0.3, -0.25) is 4.90 Å². The minimum absolute atomic E-state index is 0.323. The van der Waals surface area contributed by atoms with Gasteiger partial charge < -0.3 is 19.7 Å². The first-order valence-electron chi connectivity index (χ1n) is 8.50. The summed E-state index contributed by atoms with van der Waals surface area (Å²) in [5.41, 5.74) is 2.29. The minimum Gasteiger partial charge on any atom is -0.454 e. The Balaban J connectivity index is 1.29. The van der Waals surface area contributed by atoms with Crippen LogP contribution in [0.3, 0.4) is 0 Å². The SMILES string of the molecule is S=C(Nc1ccccc1)N1CCN(Cc2ccc3c(c2)OCO3)CC1. The van der Waals surface area contributed by atoms with Crippen molar-refractivity contribution in [2.24, 2.45) is 0 Å². The van der Waals surface area contributed by atoms with E-state index in [1.54, 1.807) is 0 Å². The molecule has 0 unspecified atom stereocenters. The Bertz CT molecular complexity index is 746. The lowest BCUT2D eigenvalue weighted by Crippen LogP contribution is -2.49. The molecule has 2 heterocycles. The van der Waals surface area contributed by atoms with Crippen molar-refractivity contribution >= 4 is 23.0 Å². The first-order chi connectivity index (χ1) is 12.3. The van der Waals surface area contributed by atoms with Gasteiger partial charge in [-0.1, -0.05) is 24.3 Å². The molecule has 0 aliphatic carbocycles. The molecule has 2 aliphatic heterocycles. The number of ether oxygens (including phenoxy) is 2. The van der Waals surface area contributed by atoms with Gasteiger partial charge in [0.25, 0.3) is 0 Å². The highest BCUT2D eigenvalue weighted by Gasteiger charge is 2.20. The second-order valence-corrected chi connectivity index (χ2v) is 6.63. The lowest BCUT2D eigenvalue weighted by atomic mass is 10.1. The average molecular weight is 355 g/mol. The van der Waals surface area contributed by atoms with Crippen LogP contribution >= 0.6 is 12.2 Å². The number of piperazine rings is 1. The lowest BCUT2D eigenvalue weighted by molar-refractivity contribution is 0.173. The molecule has 4 rings (SSSR count). The zero-order valence-corrected chi connectivity index (χ0v) is 14.8. The number of para-hydroxylation sites is 1. The number of benzene rings is 2. The molecule has 2 aromatic rings. The van der Waals surface area contributed by atoms with Gasteiger partial charge in [-0.25, -0.2) is 0 Å². The Kier molecular flexibility index (Phi) is 4.72. The number of hydrogen-bond acceptors (Lipinski definition) is 4. The zero-order chi connectivity index (χ0) is 17.1. The van der Waals surface area contributed by atoms with Crippen LogP contribution in [0.4, 0.5) is 5.69 Å². The van der Waals surface area contributed by atoms with Crippen LogP contribution in [0.1, 0.15) is 5.56 Å². The van der Waals surface area contributed by atoms with Crippen molar-refractivity contribution in [1.82, 2.24) is 9.80 Å². The third-order valence-electron chi connectivity index (χ3n) is 4.53. The smallest absolute Gasteiger partial charge is 0.231 e. The molecule has 2 aliphatic rings. The molecule has 1 fully saturated rings. The van der Waals surface area contributed by atoms with E-state index in [1.165, 1.54) is 5.56 Å². The molecule has 130 valence electrons. The standard InChI is InChI=1S/C19H21N3O2S/c25-19(20-16-4-2-1-3-5-16)22-10-8-21(9-11-22)13-15-6-7-17-18(12-15)24-14-23-17/h1-7,12H,8-11,13-14H2,(H,20,25). The van der Waals surface area contributed by atoms with Crippen LogP contribution < -0.4 is 14.8 Å². The Morgan fingerprint density at radius 3 is 2.52 bits per heavy atom. The van der Waals surface area contributed by atoms with Gasteiger partial charge in [0.05, 0.1) is 0 Å². The van der Waals surface area contributed by atoms with Crippen LogP contribution in [0.2, 0.25) is 0 Å². The molecule has 2 aromatic carbocycles. The van der Waals surface area contributed by atoms with Gasteiger partial charge in [-0.05, 0) is 42.0 Å². The third kappa shape index (κ3) is 3.86. The van der Waals surface area contributed by atoms with E-state index in [4.69, 9.17) is 21.7 Å². The van der Waals surface area contributed by atoms with E-state index >= 15 is 0 Å². The fraction of sp³-hybridized carbons (Fsp3) is 0.316. The molecule has 0 radical (unpaired) electrons. The van der Waals surface area contributed by atoms with Crippen molar-refractivity contribution in [2.75, 3.05) is 38.3 Å². The maximum atomic E-state index is 5.54. The first-order valence-corrected chi connectivity index (χ1v) is 8.90. The van der Waals surface area contributed by atoms with Gasteiger partial charge >= 0.3 is 0 Å². The monoisotopic (exact) mass is 355 g/mol. The van der Waals surface area contributed by atoms with E-state index in [9.17, 15) is 0 Å². The molecule has 1 N–H and O–H groups in total. The molecule has 0 bridgehead atoms. The predicted molar refractivity (Wildman–Crippen MR) is 102 cm³/mol. The molecule has 5 nitrogen and oxygen atoms in total. The van der Waals surface area contributed by atoms with Gasteiger partial charge in [-0.15, -0.1) is 0 Å². The summed E-state index contributed by atoms with van der Waals surface area (Å²) >= 11 is 5.54. The minimum atomic E-state index is 0.323. The molecule has 25 heavy (non-hydrogen) atoms. The Labute approximate surface area is 153 Å².